The second-order valence-corrected chi connectivity index (χ2v) is 8.54. The zero-order valence-electron chi connectivity index (χ0n) is 17.2. The van der Waals surface area contributed by atoms with Gasteiger partial charge in [-0.1, -0.05) is 31.5 Å². The molecule has 0 saturated heterocycles. The van der Waals surface area contributed by atoms with Gasteiger partial charge < -0.3 is 5.32 Å². The van der Waals surface area contributed by atoms with Crippen LogP contribution in [-0.2, 0) is 6.42 Å². The van der Waals surface area contributed by atoms with Crippen LogP contribution in [0.5, 0.6) is 0 Å². The van der Waals surface area contributed by atoms with Crippen molar-refractivity contribution in [3.8, 4) is 5.69 Å². The van der Waals surface area contributed by atoms with Crippen molar-refractivity contribution in [1.29, 1.82) is 0 Å². The van der Waals surface area contributed by atoms with Crippen molar-refractivity contribution in [3.05, 3.63) is 87.6 Å². The third-order valence-electron chi connectivity index (χ3n) is 5.37. The van der Waals surface area contributed by atoms with Gasteiger partial charge in [-0.25, -0.2) is 0 Å². The van der Waals surface area contributed by atoms with Crippen molar-refractivity contribution < 1.29 is 9.59 Å². The number of carbonyl (C=O) groups is 2. The summed E-state index contributed by atoms with van der Waals surface area (Å²) >= 11 is 0. The number of fused-ring (bicyclic) bond motifs is 1. The lowest BCUT2D eigenvalue weighted by Gasteiger charge is -2.31. The van der Waals surface area contributed by atoms with E-state index in [1.165, 1.54) is 10.8 Å². The first-order valence-electron chi connectivity index (χ1n) is 9.85. The van der Waals surface area contributed by atoms with E-state index < -0.39 is 11.5 Å². The number of benzene rings is 1. The van der Waals surface area contributed by atoms with Crippen LogP contribution in [0.4, 0.5) is 5.69 Å². The van der Waals surface area contributed by atoms with Crippen molar-refractivity contribution in [3.63, 3.8) is 0 Å². The summed E-state index contributed by atoms with van der Waals surface area (Å²) in [7, 11) is 0. The van der Waals surface area contributed by atoms with Gasteiger partial charge in [0.2, 0.25) is 0 Å². The van der Waals surface area contributed by atoms with Gasteiger partial charge in [0.05, 0.1) is 11.9 Å². The van der Waals surface area contributed by atoms with E-state index in [1.54, 1.807) is 24.5 Å². The molecule has 2 heterocycles. The fourth-order valence-corrected chi connectivity index (χ4v) is 3.91. The average Bonchev–Trinajstić information content (AvgIpc) is 2.68. The number of anilines is 1. The van der Waals surface area contributed by atoms with E-state index in [1.807, 2.05) is 45.0 Å². The Morgan fingerprint density at radius 1 is 1.10 bits per heavy atom. The number of carbonyl (C=O) groups excluding carboxylic acids is 2. The summed E-state index contributed by atoms with van der Waals surface area (Å²) in [5.41, 5.74) is 2.36. The molecule has 0 radical (unpaired) electrons. The molecule has 1 aliphatic carbocycles. The average molecular weight is 401 g/mol. The van der Waals surface area contributed by atoms with Crippen molar-refractivity contribution in [1.82, 2.24) is 9.55 Å². The Hall–Kier alpha value is -3.54. The molecule has 1 N–H and O–H groups in total. The minimum Gasteiger partial charge on any atom is -0.320 e. The summed E-state index contributed by atoms with van der Waals surface area (Å²) < 4.78 is 1.40. The number of Topliss-reactive ketones (excluding diaryl/α,β-unsaturated/α-hetero) is 1. The van der Waals surface area contributed by atoms with Crippen LogP contribution in [0.25, 0.3) is 5.69 Å². The number of amides is 1. The van der Waals surface area contributed by atoms with E-state index in [9.17, 15) is 14.4 Å². The van der Waals surface area contributed by atoms with Crippen LogP contribution in [-0.4, -0.2) is 21.2 Å². The molecule has 1 aromatic carbocycles. The fourth-order valence-electron chi connectivity index (χ4n) is 3.91. The van der Waals surface area contributed by atoms with Gasteiger partial charge in [-0.2, -0.15) is 0 Å². The Bertz CT molecular complexity index is 1190. The number of ketones is 1. The first-order valence-corrected chi connectivity index (χ1v) is 9.85. The molecule has 4 rings (SSSR count). The highest BCUT2D eigenvalue weighted by molar-refractivity contribution is 6.08. The molecule has 2 aromatic heterocycles. The zero-order valence-corrected chi connectivity index (χ0v) is 17.2. The van der Waals surface area contributed by atoms with Crippen LogP contribution < -0.4 is 10.9 Å². The fraction of sp³-hybridized carbons (Fsp3) is 0.250. The Kier molecular flexibility index (Phi) is 4.86. The van der Waals surface area contributed by atoms with Crippen LogP contribution in [0.1, 0.15) is 52.1 Å². The van der Waals surface area contributed by atoms with E-state index in [-0.39, 0.29) is 16.8 Å². The Morgan fingerprint density at radius 2 is 1.83 bits per heavy atom. The highest BCUT2D eigenvalue weighted by Crippen LogP contribution is 2.36. The van der Waals surface area contributed by atoms with Crippen LogP contribution >= 0.6 is 0 Å². The predicted molar refractivity (Wildman–Crippen MR) is 115 cm³/mol. The lowest BCUT2D eigenvalue weighted by molar-refractivity contribution is 0.0910. The standard InChI is InChI=1S/C24H23N3O3/c1-15-6-8-17(9-7-15)27-14-19-18(11-24(2,3)12-20(19)28)21(23(27)30)22(29)26-16-5-4-10-25-13-16/h4-10,13-14H,11-12H2,1-3H3,(H,26,29). The van der Waals surface area contributed by atoms with Crippen molar-refractivity contribution in [2.75, 3.05) is 5.32 Å². The molecular formula is C24H23N3O3. The maximum atomic E-state index is 13.5. The van der Waals surface area contributed by atoms with Crippen molar-refractivity contribution in [2.45, 2.75) is 33.6 Å². The number of rotatable bonds is 3. The Labute approximate surface area is 174 Å². The maximum absolute atomic E-state index is 13.5. The Balaban J connectivity index is 1.92. The molecule has 1 amide bonds. The Morgan fingerprint density at radius 3 is 2.50 bits per heavy atom. The molecule has 30 heavy (non-hydrogen) atoms. The highest BCUT2D eigenvalue weighted by atomic mass is 16.2. The zero-order chi connectivity index (χ0) is 21.5. The van der Waals surface area contributed by atoms with Gasteiger partial charge in [0, 0.05) is 30.1 Å². The maximum Gasteiger partial charge on any atom is 0.268 e. The number of nitrogens with one attached hydrogen (secondary N) is 1. The van der Waals surface area contributed by atoms with Crippen molar-refractivity contribution >= 4 is 17.4 Å². The second-order valence-electron chi connectivity index (χ2n) is 8.54. The van der Waals surface area contributed by atoms with Gasteiger partial charge in [-0.15, -0.1) is 0 Å². The number of hydrogen-bond acceptors (Lipinski definition) is 4. The molecule has 6 heteroatoms. The first kappa shape index (κ1) is 19.8. The van der Waals surface area contributed by atoms with Crippen molar-refractivity contribution in [2.24, 2.45) is 5.41 Å². The summed E-state index contributed by atoms with van der Waals surface area (Å²) in [5, 5.41) is 2.75. The molecule has 152 valence electrons. The highest BCUT2D eigenvalue weighted by Gasteiger charge is 2.36. The van der Waals surface area contributed by atoms with E-state index in [4.69, 9.17) is 0 Å². The molecule has 0 saturated carbocycles. The number of hydrogen-bond donors (Lipinski definition) is 1. The van der Waals surface area contributed by atoms with Gasteiger partial charge in [0.1, 0.15) is 5.56 Å². The minimum absolute atomic E-state index is 0.0121. The quantitative estimate of drug-likeness (QED) is 0.721. The van der Waals surface area contributed by atoms with Gasteiger partial charge in [0.25, 0.3) is 11.5 Å². The van der Waals surface area contributed by atoms with E-state index in [0.717, 1.165) is 5.56 Å². The first-order chi connectivity index (χ1) is 14.2. The lowest BCUT2D eigenvalue weighted by atomic mass is 9.73. The lowest BCUT2D eigenvalue weighted by Crippen LogP contribution is -2.37. The summed E-state index contributed by atoms with van der Waals surface area (Å²) in [6, 6.07) is 10.8. The molecular weight excluding hydrogens is 378 g/mol. The van der Waals surface area contributed by atoms with E-state index in [0.29, 0.717) is 35.3 Å². The SMILES string of the molecule is Cc1ccc(-n2cc3c(c(C(=O)Nc4cccnc4)c2=O)CC(C)(C)CC3=O)cc1. The largest absolute Gasteiger partial charge is 0.320 e. The van der Waals surface area contributed by atoms with Crippen LogP contribution in [0.3, 0.4) is 0 Å². The third-order valence-corrected chi connectivity index (χ3v) is 5.37. The smallest absolute Gasteiger partial charge is 0.268 e. The molecule has 3 aromatic rings. The molecule has 0 bridgehead atoms. The molecule has 1 aliphatic rings. The number of nitrogens with zero attached hydrogens (tertiary/aromatic N) is 2. The number of aromatic nitrogens is 2. The molecule has 0 fully saturated rings. The van der Waals surface area contributed by atoms with Crippen LogP contribution in [0.2, 0.25) is 0 Å². The van der Waals surface area contributed by atoms with Gasteiger partial charge >= 0.3 is 0 Å². The second kappa shape index (κ2) is 7.37. The number of aryl methyl sites for hydroxylation is 1. The molecule has 0 spiro atoms. The minimum atomic E-state index is -0.531. The van der Waals surface area contributed by atoms with E-state index in [2.05, 4.69) is 10.3 Å². The molecule has 0 unspecified atom stereocenters. The predicted octanol–water partition coefficient (Wildman–Crippen LogP) is 3.95. The van der Waals surface area contributed by atoms with Gasteiger partial charge in [-0.05, 0) is 48.6 Å². The monoisotopic (exact) mass is 401 g/mol. The summed E-state index contributed by atoms with van der Waals surface area (Å²) in [6.07, 6.45) is 5.55. The normalized spacial score (nSPS) is 14.8. The van der Waals surface area contributed by atoms with Crippen LogP contribution in [0, 0.1) is 12.3 Å². The topological polar surface area (TPSA) is 81.1 Å². The molecule has 0 atom stereocenters. The summed E-state index contributed by atoms with van der Waals surface area (Å²) in [6.45, 7) is 5.90. The van der Waals surface area contributed by atoms with E-state index >= 15 is 0 Å². The molecule has 0 aliphatic heterocycles. The third kappa shape index (κ3) is 3.68. The van der Waals surface area contributed by atoms with Gasteiger partial charge in [-0.3, -0.25) is 23.9 Å². The summed E-state index contributed by atoms with van der Waals surface area (Å²) in [4.78, 5) is 43.6. The number of pyridine rings is 2. The molecule has 6 nitrogen and oxygen atoms in total. The van der Waals surface area contributed by atoms with Gasteiger partial charge in [0.15, 0.2) is 5.78 Å². The summed E-state index contributed by atoms with van der Waals surface area (Å²) in [5.74, 6) is -0.589. The van der Waals surface area contributed by atoms with Crippen LogP contribution in [0.15, 0.2) is 59.8 Å².